The number of imide groups is 1. The van der Waals surface area contributed by atoms with Gasteiger partial charge in [-0.3, -0.25) is 14.5 Å². The third-order valence-electron chi connectivity index (χ3n) is 6.04. The van der Waals surface area contributed by atoms with E-state index in [0.29, 0.717) is 27.8 Å². The van der Waals surface area contributed by atoms with Crippen molar-refractivity contribution in [3.05, 3.63) is 69.2 Å². The van der Waals surface area contributed by atoms with E-state index in [1.165, 1.54) is 4.90 Å². The smallest absolute Gasteiger partial charge is 0.261 e. The van der Waals surface area contributed by atoms with Gasteiger partial charge in [0.1, 0.15) is 5.60 Å². The van der Waals surface area contributed by atoms with Crippen molar-refractivity contribution in [1.82, 2.24) is 10.2 Å². The van der Waals surface area contributed by atoms with E-state index >= 15 is 0 Å². The first kappa shape index (κ1) is 22.3. The molecule has 0 spiro atoms. The van der Waals surface area contributed by atoms with Gasteiger partial charge < -0.3 is 10.1 Å². The van der Waals surface area contributed by atoms with Crippen LogP contribution in [0.2, 0.25) is 10.0 Å². The Morgan fingerprint density at radius 3 is 2.29 bits per heavy atom. The summed E-state index contributed by atoms with van der Waals surface area (Å²) in [6.07, 6.45) is 0.817. The van der Waals surface area contributed by atoms with E-state index in [1.54, 1.807) is 36.4 Å². The summed E-state index contributed by atoms with van der Waals surface area (Å²) in [6.45, 7) is 7.69. The normalized spacial score (nSPS) is 24.3. The second-order valence-electron chi connectivity index (χ2n) is 9.22. The molecule has 5 nitrogen and oxygen atoms in total. The highest BCUT2D eigenvalue weighted by molar-refractivity contribution is 6.42. The fraction of sp³-hybridized carbons (Fsp3) is 0.417. The average molecular weight is 461 g/mol. The molecule has 2 aromatic rings. The van der Waals surface area contributed by atoms with E-state index in [1.807, 2.05) is 6.07 Å². The molecule has 0 aromatic heterocycles. The maximum atomic E-state index is 13.2. The van der Waals surface area contributed by atoms with Crippen molar-refractivity contribution in [3.63, 3.8) is 0 Å². The lowest BCUT2D eigenvalue weighted by atomic mass is 9.72. The summed E-state index contributed by atoms with van der Waals surface area (Å²) in [7, 11) is 0. The Kier molecular flexibility index (Phi) is 5.90. The van der Waals surface area contributed by atoms with Crippen LogP contribution >= 0.6 is 23.2 Å². The number of rotatable bonds is 3. The average Bonchev–Trinajstić information content (AvgIpc) is 2.88. The molecule has 1 fully saturated rings. The number of ether oxygens (including phenoxy) is 1. The van der Waals surface area contributed by atoms with Crippen LogP contribution in [0.25, 0.3) is 0 Å². The first-order chi connectivity index (χ1) is 14.6. The van der Waals surface area contributed by atoms with Crippen molar-refractivity contribution in [2.75, 3.05) is 19.7 Å². The molecule has 7 heteroatoms. The molecule has 0 radical (unpaired) electrons. The zero-order chi connectivity index (χ0) is 22.4. The van der Waals surface area contributed by atoms with E-state index in [0.717, 1.165) is 18.5 Å². The molecule has 2 heterocycles. The maximum Gasteiger partial charge on any atom is 0.261 e. The number of nitrogens with one attached hydrogen (secondary N) is 1. The van der Waals surface area contributed by atoms with Gasteiger partial charge in [-0.2, -0.15) is 0 Å². The summed E-state index contributed by atoms with van der Waals surface area (Å²) < 4.78 is 6.56. The largest absolute Gasteiger partial charge is 0.367 e. The zero-order valence-electron chi connectivity index (χ0n) is 17.9. The van der Waals surface area contributed by atoms with Crippen LogP contribution in [0.4, 0.5) is 0 Å². The fourth-order valence-corrected chi connectivity index (χ4v) is 4.98. The third-order valence-corrected chi connectivity index (χ3v) is 6.78. The minimum absolute atomic E-state index is 0.0756. The second kappa shape index (κ2) is 8.21. The van der Waals surface area contributed by atoms with Crippen LogP contribution in [0.1, 0.15) is 53.5 Å². The Labute approximate surface area is 192 Å². The van der Waals surface area contributed by atoms with Gasteiger partial charge in [0.25, 0.3) is 11.8 Å². The topological polar surface area (TPSA) is 58.6 Å². The number of halogens is 2. The highest BCUT2D eigenvalue weighted by Crippen LogP contribution is 2.43. The summed E-state index contributed by atoms with van der Waals surface area (Å²) in [5.74, 6) is -0.610. The van der Waals surface area contributed by atoms with E-state index < -0.39 is 5.60 Å². The maximum absolute atomic E-state index is 13.2. The van der Waals surface area contributed by atoms with Crippen LogP contribution in [0.5, 0.6) is 0 Å². The molecule has 164 valence electrons. The van der Waals surface area contributed by atoms with Crippen molar-refractivity contribution in [1.29, 1.82) is 0 Å². The molecule has 1 N–H and O–H groups in total. The quantitative estimate of drug-likeness (QED) is 0.660. The Balaban J connectivity index is 1.86. The number of nitrogens with zero attached hydrogens (tertiary/aromatic N) is 1. The van der Waals surface area contributed by atoms with Gasteiger partial charge in [0.2, 0.25) is 0 Å². The molecule has 0 saturated carbocycles. The highest BCUT2D eigenvalue weighted by Gasteiger charge is 2.52. The lowest BCUT2D eigenvalue weighted by molar-refractivity contribution is -0.0980. The van der Waals surface area contributed by atoms with Crippen LogP contribution in [0.3, 0.4) is 0 Å². The molecule has 31 heavy (non-hydrogen) atoms. The summed E-state index contributed by atoms with van der Waals surface area (Å²) in [5.41, 5.74) is 0.398. The van der Waals surface area contributed by atoms with Gasteiger partial charge in [-0.05, 0) is 48.2 Å². The first-order valence-corrected chi connectivity index (χ1v) is 11.2. The minimum Gasteiger partial charge on any atom is -0.367 e. The van der Waals surface area contributed by atoms with Crippen LogP contribution in [0, 0.1) is 5.41 Å². The number of hydrogen-bond acceptors (Lipinski definition) is 4. The van der Waals surface area contributed by atoms with Crippen molar-refractivity contribution in [2.45, 2.75) is 38.8 Å². The predicted molar refractivity (Wildman–Crippen MR) is 122 cm³/mol. The number of carbonyl (C=O) groups is 2. The Morgan fingerprint density at radius 1 is 1.06 bits per heavy atom. The third kappa shape index (κ3) is 3.89. The molecular formula is C24H26Cl2N2O3. The molecule has 2 aliphatic heterocycles. The van der Waals surface area contributed by atoms with Crippen LogP contribution in [-0.4, -0.2) is 42.5 Å². The standard InChI is InChI=1S/C24H26Cl2N2O3/c1-23(2,3)22-24(31-12-6-11-27-22,15-9-10-18(25)19(26)13-15)14-28-20(29)16-7-4-5-8-17(16)21(28)30/h4-5,7-10,13,22,27H,6,11-12,14H2,1-3H3. The van der Waals surface area contributed by atoms with Crippen LogP contribution in [0.15, 0.2) is 42.5 Å². The molecule has 2 aliphatic rings. The molecule has 1 saturated heterocycles. The fourth-order valence-electron chi connectivity index (χ4n) is 4.68. The number of benzene rings is 2. The van der Waals surface area contributed by atoms with Gasteiger partial charge in [0.15, 0.2) is 0 Å². The Bertz CT molecular complexity index is 999. The van der Waals surface area contributed by atoms with Crippen molar-refractivity contribution < 1.29 is 14.3 Å². The first-order valence-electron chi connectivity index (χ1n) is 10.4. The molecule has 4 rings (SSSR count). The van der Waals surface area contributed by atoms with E-state index in [-0.39, 0.29) is 29.8 Å². The summed E-state index contributed by atoms with van der Waals surface area (Å²) >= 11 is 12.6. The van der Waals surface area contributed by atoms with Crippen molar-refractivity contribution >= 4 is 35.0 Å². The molecule has 2 atom stereocenters. The Morgan fingerprint density at radius 2 is 1.71 bits per heavy atom. The van der Waals surface area contributed by atoms with Gasteiger partial charge in [0, 0.05) is 12.6 Å². The highest BCUT2D eigenvalue weighted by atomic mass is 35.5. The molecule has 0 bridgehead atoms. The number of fused-ring (bicyclic) bond motifs is 1. The summed E-state index contributed by atoms with van der Waals surface area (Å²) in [4.78, 5) is 27.7. The van der Waals surface area contributed by atoms with Crippen molar-refractivity contribution in [2.24, 2.45) is 5.41 Å². The summed E-state index contributed by atoms with van der Waals surface area (Å²) in [5, 5.41) is 4.46. The van der Waals surface area contributed by atoms with Gasteiger partial charge in [-0.15, -0.1) is 0 Å². The van der Waals surface area contributed by atoms with Crippen LogP contribution in [-0.2, 0) is 10.3 Å². The van der Waals surface area contributed by atoms with Gasteiger partial charge in [-0.25, -0.2) is 0 Å². The van der Waals surface area contributed by atoms with Crippen molar-refractivity contribution in [3.8, 4) is 0 Å². The number of hydrogen-bond donors (Lipinski definition) is 1. The molecule has 0 aliphatic carbocycles. The Hall–Kier alpha value is -1.92. The predicted octanol–water partition coefficient (Wildman–Crippen LogP) is 4.91. The number of carbonyl (C=O) groups excluding carboxylic acids is 2. The molecule has 2 amide bonds. The van der Waals surface area contributed by atoms with Gasteiger partial charge in [-0.1, -0.05) is 62.2 Å². The van der Waals surface area contributed by atoms with Gasteiger partial charge >= 0.3 is 0 Å². The van der Waals surface area contributed by atoms with E-state index in [9.17, 15) is 9.59 Å². The van der Waals surface area contributed by atoms with E-state index in [2.05, 4.69) is 26.1 Å². The SMILES string of the molecule is CC(C)(C)C1NCCCOC1(CN1C(=O)c2ccccc2C1=O)c1ccc(Cl)c(Cl)c1. The molecule has 2 unspecified atom stereocenters. The van der Waals surface area contributed by atoms with E-state index in [4.69, 9.17) is 27.9 Å². The second-order valence-corrected chi connectivity index (χ2v) is 10.0. The molecular weight excluding hydrogens is 435 g/mol. The number of amides is 2. The lowest BCUT2D eigenvalue weighted by Gasteiger charge is -2.47. The van der Waals surface area contributed by atoms with Crippen LogP contribution < -0.4 is 5.32 Å². The molecule has 2 aromatic carbocycles. The monoisotopic (exact) mass is 460 g/mol. The summed E-state index contributed by atoms with van der Waals surface area (Å²) in [6, 6.07) is 12.1. The lowest BCUT2D eigenvalue weighted by Crippen LogP contribution is -2.60. The minimum atomic E-state index is -0.990. The van der Waals surface area contributed by atoms with Gasteiger partial charge in [0.05, 0.1) is 27.7 Å². The zero-order valence-corrected chi connectivity index (χ0v) is 19.4.